The van der Waals surface area contributed by atoms with Gasteiger partial charge < -0.3 is 9.84 Å². The number of nitrogens with zero attached hydrogens (tertiary/aromatic N) is 2. The van der Waals surface area contributed by atoms with Crippen molar-refractivity contribution < 1.29 is 17.7 Å². The van der Waals surface area contributed by atoms with Crippen LogP contribution in [0.15, 0.2) is 52.1 Å². The van der Waals surface area contributed by atoms with Crippen LogP contribution in [-0.2, 0) is 10.0 Å². The Hall–Kier alpha value is -2.91. The number of pyridine rings is 1. The first-order valence-corrected chi connectivity index (χ1v) is 9.60. The van der Waals surface area contributed by atoms with Crippen LogP contribution in [0.3, 0.4) is 0 Å². The lowest BCUT2D eigenvalue weighted by Crippen LogP contribution is -2.15. The minimum absolute atomic E-state index is 0.0149. The van der Waals surface area contributed by atoms with Crippen LogP contribution in [0.1, 0.15) is 21.7 Å². The molecule has 0 aliphatic heterocycles. The molecule has 1 aromatic carbocycles. The molecule has 3 rings (SSSR count). The maximum atomic E-state index is 12.5. The van der Waals surface area contributed by atoms with Gasteiger partial charge in [-0.25, -0.2) is 13.4 Å². The Labute approximate surface area is 160 Å². The molecule has 2 heterocycles. The van der Waals surface area contributed by atoms with Gasteiger partial charge in [-0.05, 0) is 43.7 Å². The summed E-state index contributed by atoms with van der Waals surface area (Å²) in [6.45, 7) is 3.28. The third kappa shape index (κ3) is 4.26. The minimum atomic E-state index is -3.86. The number of rotatable bonds is 5. The monoisotopic (exact) mass is 406 g/mol. The zero-order valence-corrected chi connectivity index (χ0v) is 15.9. The van der Waals surface area contributed by atoms with E-state index < -0.39 is 15.9 Å². The summed E-state index contributed by atoms with van der Waals surface area (Å²) < 4.78 is 32.4. The fraction of sp³-hybridized carbons (Fsp3) is 0.118. The van der Waals surface area contributed by atoms with Crippen LogP contribution in [0, 0.1) is 13.8 Å². The highest BCUT2D eigenvalue weighted by molar-refractivity contribution is 7.92. The van der Waals surface area contributed by atoms with Gasteiger partial charge in [0.25, 0.3) is 15.9 Å². The topological polar surface area (TPSA) is 114 Å². The van der Waals surface area contributed by atoms with Crippen molar-refractivity contribution >= 4 is 38.9 Å². The van der Waals surface area contributed by atoms with Gasteiger partial charge in [0.05, 0.1) is 11.9 Å². The molecule has 3 aromatic rings. The van der Waals surface area contributed by atoms with Gasteiger partial charge >= 0.3 is 0 Å². The number of aryl methyl sites for hydroxylation is 2. The SMILES string of the molecule is Cc1cc(S(=O)(=O)Nc2cccc(NC(=O)c3cnoc3C)c2)cnc1Cl. The van der Waals surface area contributed by atoms with E-state index in [0.717, 1.165) is 0 Å². The lowest BCUT2D eigenvalue weighted by molar-refractivity contribution is 0.102. The average molecular weight is 407 g/mol. The number of anilines is 2. The molecule has 0 bridgehead atoms. The van der Waals surface area contributed by atoms with E-state index in [1.54, 1.807) is 32.0 Å². The highest BCUT2D eigenvalue weighted by atomic mass is 35.5. The third-order valence-electron chi connectivity index (χ3n) is 3.67. The lowest BCUT2D eigenvalue weighted by Gasteiger charge is -2.11. The van der Waals surface area contributed by atoms with Crippen LogP contribution in [0.25, 0.3) is 0 Å². The number of carbonyl (C=O) groups is 1. The second-order valence-corrected chi connectivity index (χ2v) is 7.76. The summed E-state index contributed by atoms with van der Waals surface area (Å²) in [6.07, 6.45) is 2.49. The fourth-order valence-corrected chi connectivity index (χ4v) is 3.45. The molecule has 0 spiro atoms. The standard InChI is InChI=1S/C17H15ClN4O4S/c1-10-6-14(8-19-16(10)18)27(24,25)22-13-5-3-4-12(7-13)21-17(23)15-9-20-26-11(15)2/h3-9,22H,1-2H3,(H,21,23). The number of halogens is 1. The van der Waals surface area contributed by atoms with E-state index in [4.69, 9.17) is 16.1 Å². The van der Waals surface area contributed by atoms with Gasteiger partial charge in [0.1, 0.15) is 21.4 Å². The van der Waals surface area contributed by atoms with E-state index in [0.29, 0.717) is 22.6 Å². The van der Waals surface area contributed by atoms with E-state index in [1.807, 2.05) is 0 Å². The molecule has 2 aromatic heterocycles. The van der Waals surface area contributed by atoms with E-state index >= 15 is 0 Å². The summed E-state index contributed by atoms with van der Waals surface area (Å²) in [5.41, 5.74) is 1.53. The summed E-state index contributed by atoms with van der Waals surface area (Å²) in [5.74, 6) is -0.0266. The molecule has 2 N–H and O–H groups in total. The summed E-state index contributed by atoms with van der Waals surface area (Å²) in [4.78, 5) is 16.1. The minimum Gasteiger partial charge on any atom is -0.361 e. The van der Waals surface area contributed by atoms with Gasteiger partial charge in [0.2, 0.25) is 0 Å². The Morgan fingerprint density at radius 2 is 1.89 bits per heavy atom. The second-order valence-electron chi connectivity index (χ2n) is 5.71. The molecule has 0 fully saturated rings. The van der Waals surface area contributed by atoms with E-state index in [-0.39, 0.29) is 15.7 Å². The van der Waals surface area contributed by atoms with Crippen LogP contribution >= 0.6 is 11.6 Å². The summed E-state index contributed by atoms with van der Waals surface area (Å²) in [6, 6.07) is 7.73. The molecule has 0 unspecified atom stereocenters. The maximum Gasteiger partial charge on any atom is 0.263 e. The number of aromatic nitrogens is 2. The number of hydrogen-bond acceptors (Lipinski definition) is 6. The Bertz CT molecular complexity index is 1110. The number of nitrogens with one attached hydrogen (secondary N) is 2. The first-order valence-electron chi connectivity index (χ1n) is 7.74. The van der Waals surface area contributed by atoms with Gasteiger partial charge in [-0.3, -0.25) is 9.52 Å². The summed E-state index contributed by atoms with van der Waals surface area (Å²) in [5, 5.41) is 6.46. The van der Waals surface area contributed by atoms with Crippen LogP contribution in [0.2, 0.25) is 5.15 Å². The molecule has 0 aliphatic carbocycles. The number of sulfonamides is 1. The summed E-state index contributed by atoms with van der Waals surface area (Å²) >= 11 is 5.84. The first-order chi connectivity index (χ1) is 12.8. The lowest BCUT2D eigenvalue weighted by atomic mass is 10.2. The number of carbonyl (C=O) groups excluding carboxylic acids is 1. The van der Waals surface area contributed by atoms with Gasteiger partial charge in [0.15, 0.2) is 0 Å². The van der Waals surface area contributed by atoms with Crippen molar-refractivity contribution in [3.8, 4) is 0 Å². The normalized spacial score (nSPS) is 11.2. The van der Waals surface area contributed by atoms with Crippen molar-refractivity contribution in [3.63, 3.8) is 0 Å². The highest BCUT2D eigenvalue weighted by Crippen LogP contribution is 2.22. The Balaban J connectivity index is 1.80. The quantitative estimate of drug-likeness (QED) is 0.627. The van der Waals surface area contributed by atoms with Crippen molar-refractivity contribution in [2.24, 2.45) is 0 Å². The molecule has 1 amide bonds. The number of amides is 1. The molecule has 0 aliphatic rings. The zero-order valence-electron chi connectivity index (χ0n) is 14.4. The predicted octanol–water partition coefficient (Wildman–Crippen LogP) is 3.39. The molecule has 140 valence electrons. The molecule has 10 heteroatoms. The van der Waals surface area contributed by atoms with Crippen molar-refractivity contribution in [3.05, 3.63) is 64.8 Å². The second kappa shape index (κ2) is 7.37. The molecule has 0 radical (unpaired) electrons. The summed E-state index contributed by atoms with van der Waals surface area (Å²) in [7, 11) is -3.86. The molecule has 0 atom stereocenters. The smallest absolute Gasteiger partial charge is 0.263 e. The van der Waals surface area contributed by atoms with E-state index in [9.17, 15) is 13.2 Å². The average Bonchev–Trinajstić information content (AvgIpc) is 3.03. The molecular formula is C17H15ClN4O4S. The van der Waals surface area contributed by atoms with Gasteiger partial charge in [-0.15, -0.1) is 0 Å². The van der Waals surface area contributed by atoms with Gasteiger partial charge in [0, 0.05) is 11.9 Å². The van der Waals surface area contributed by atoms with Crippen molar-refractivity contribution in [2.45, 2.75) is 18.7 Å². The highest BCUT2D eigenvalue weighted by Gasteiger charge is 2.17. The number of benzene rings is 1. The van der Waals surface area contributed by atoms with Gasteiger partial charge in [-0.1, -0.05) is 22.8 Å². The molecule has 0 saturated heterocycles. The Morgan fingerprint density at radius 1 is 1.15 bits per heavy atom. The predicted molar refractivity (Wildman–Crippen MR) is 100 cm³/mol. The zero-order chi connectivity index (χ0) is 19.6. The fourth-order valence-electron chi connectivity index (χ4n) is 2.27. The van der Waals surface area contributed by atoms with Crippen LogP contribution in [-0.4, -0.2) is 24.5 Å². The van der Waals surface area contributed by atoms with Crippen LogP contribution < -0.4 is 10.0 Å². The Kier molecular flexibility index (Phi) is 5.15. The Morgan fingerprint density at radius 3 is 2.56 bits per heavy atom. The van der Waals surface area contributed by atoms with Crippen molar-refractivity contribution in [1.29, 1.82) is 0 Å². The van der Waals surface area contributed by atoms with Crippen LogP contribution in [0.4, 0.5) is 11.4 Å². The first kappa shape index (κ1) is 18.9. The molecular weight excluding hydrogens is 392 g/mol. The number of hydrogen-bond donors (Lipinski definition) is 2. The van der Waals surface area contributed by atoms with Crippen LogP contribution in [0.5, 0.6) is 0 Å². The third-order valence-corrected chi connectivity index (χ3v) is 5.41. The van der Waals surface area contributed by atoms with Gasteiger partial charge in [-0.2, -0.15) is 0 Å². The molecule has 8 nitrogen and oxygen atoms in total. The maximum absolute atomic E-state index is 12.5. The largest absolute Gasteiger partial charge is 0.361 e. The van der Waals surface area contributed by atoms with E-state index in [2.05, 4.69) is 20.2 Å². The van der Waals surface area contributed by atoms with Crippen molar-refractivity contribution in [1.82, 2.24) is 10.1 Å². The molecule has 27 heavy (non-hydrogen) atoms. The van der Waals surface area contributed by atoms with Crippen molar-refractivity contribution in [2.75, 3.05) is 10.0 Å². The van der Waals surface area contributed by atoms with E-state index in [1.165, 1.54) is 24.5 Å². The molecule has 0 saturated carbocycles.